The minimum atomic E-state index is -0.829. The second-order valence-electron chi connectivity index (χ2n) is 4.17. The Bertz CT molecular complexity index is 693. The summed E-state index contributed by atoms with van der Waals surface area (Å²) in [5, 5.41) is 0. The highest BCUT2D eigenvalue weighted by molar-refractivity contribution is 9.10. The van der Waals surface area contributed by atoms with Gasteiger partial charge in [0.05, 0.1) is 6.61 Å². The molecule has 5 nitrogen and oxygen atoms in total. The number of nitrogens with zero attached hydrogens (tertiary/aromatic N) is 2. The largest absolute Gasteiger partial charge is 0.461 e. The van der Waals surface area contributed by atoms with Crippen molar-refractivity contribution in [3.05, 3.63) is 39.8 Å². The molecule has 0 aliphatic rings. The van der Waals surface area contributed by atoms with Gasteiger partial charge in [0, 0.05) is 4.47 Å². The summed E-state index contributed by atoms with van der Waals surface area (Å²) in [7, 11) is 0. The first-order chi connectivity index (χ1) is 9.86. The first-order valence-corrected chi connectivity index (χ1v) is 6.83. The highest BCUT2D eigenvalue weighted by Gasteiger charge is 2.24. The summed E-state index contributed by atoms with van der Waals surface area (Å²) in [6, 6.07) is 2.20. The van der Waals surface area contributed by atoms with Crippen molar-refractivity contribution in [1.82, 2.24) is 9.55 Å². The van der Waals surface area contributed by atoms with Crippen LogP contribution in [-0.2, 0) is 4.74 Å². The molecule has 2 N–H and O–H groups in total. The van der Waals surface area contributed by atoms with Gasteiger partial charge in [0.15, 0.2) is 17.3 Å². The maximum Gasteiger partial charge on any atom is 0.360 e. The van der Waals surface area contributed by atoms with Gasteiger partial charge in [0.1, 0.15) is 17.3 Å². The topological polar surface area (TPSA) is 70.1 Å². The molecule has 1 aromatic carbocycles. The highest BCUT2D eigenvalue weighted by Crippen LogP contribution is 2.28. The number of anilines is 1. The zero-order valence-corrected chi connectivity index (χ0v) is 12.9. The van der Waals surface area contributed by atoms with Gasteiger partial charge in [0.2, 0.25) is 0 Å². The fourth-order valence-electron chi connectivity index (χ4n) is 1.93. The van der Waals surface area contributed by atoms with E-state index in [0.717, 1.165) is 16.7 Å². The maximum absolute atomic E-state index is 14.0. The Kier molecular flexibility index (Phi) is 4.26. The normalized spacial score (nSPS) is 10.7. The number of halogens is 3. The third-order valence-corrected chi connectivity index (χ3v) is 3.21. The third-order valence-electron chi connectivity index (χ3n) is 2.75. The average molecular weight is 360 g/mol. The Morgan fingerprint density at radius 3 is 2.52 bits per heavy atom. The van der Waals surface area contributed by atoms with E-state index in [1.54, 1.807) is 6.92 Å². The van der Waals surface area contributed by atoms with Crippen LogP contribution in [0, 0.1) is 18.6 Å². The van der Waals surface area contributed by atoms with Crippen molar-refractivity contribution in [3.8, 4) is 5.69 Å². The van der Waals surface area contributed by atoms with Crippen molar-refractivity contribution >= 4 is 27.7 Å². The number of ether oxygens (including phenoxy) is 1. The number of nitrogens with two attached hydrogens (primary N) is 1. The van der Waals surface area contributed by atoms with Crippen molar-refractivity contribution in [3.63, 3.8) is 0 Å². The number of hydrogen-bond acceptors (Lipinski definition) is 4. The molecule has 0 radical (unpaired) electrons. The highest BCUT2D eigenvalue weighted by atomic mass is 79.9. The number of carbonyl (C=O) groups excluding carboxylic acids is 1. The molecule has 0 amide bonds. The van der Waals surface area contributed by atoms with Crippen LogP contribution in [0.25, 0.3) is 5.69 Å². The number of aromatic nitrogens is 2. The molecule has 0 saturated carbocycles. The van der Waals surface area contributed by atoms with Gasteiger partial charge in [-0.3, -0.25) is 4.57 Å². The zero-order chi connectivity index (χ0) is 15.7. The molecule has 2 aromatic rings. The second kappa shape index (κ2) is 5.80. The van der Waals surface area contributed by atoms with Crippen LogP contribution in [0.5, 0.6) is 0 Å². The quantitative estimate of drug-likeness (QED) is 0.855. The number of aryl methyl sites for hydroxylation is 1. The smallest absolute Gasteiger partial charge is 0.360 e. The number of carbonyl (C=O) groups is 1. The van der Waals surface area contributed by atoms with Crippen LogP contribution in [0.1, 0.15) is 23.2 Å². The summed E-state index contributed by atoms with van der Waals surface area (Å²) in [5.41, 5.74) is 5.24. The van der Waals surface area contributed by atoms with Gasteiger partial charge in [-0.15, -0.1) is 0 Å². The third kappa shape index (κ3) is 2.76. The number of hydrogen-bond donors (Lipinski definition) is 1. The van der Waals surface area contributed by atoms with Gasteiger partial charge < -0.3 is 10.5 Å². The van der Waals surface area contributed by atoms with E-state index >= 15 is 0 Å². The van der Waals surface area contributed by atoms with Crippen molar-refractivity contribution in [2.75, 3.05) is 12.3 Å². The Balaban J connectivity index is 2.64. The molecule has 0 aliphatic carbocycles. The Hall–Kier alpha value is -1.96. The molecule has 1 heterocycles. The van der Waals surface area contributed by atoms with E-state index in [-0.39, 0.29) is 28.4 Å². The summed E-state index contributed by atoms with van der Waals surface area (Å²) >= 11 is 3.00. The van der Waals surface area contributed by atoms with E-state index in [0.29, 0.717) is 0 Å². The molecular weight excluding hydrogens is 348 g/mol. The predicted molar refractivity (Wildman–Crippen MR) is 76.3 cm³/mol. The predicted octanol–water partition coefficient (Wildman–Crippen LogP) is 2.98. The van der Waals surface area contributed by atoms with Gasteiger partial charge in [-0.05, 0) is 26.0 Å². The minimum absolute atomic E-state index is 0.144. The number of rotatable bonds is 3. The van der Waals surface area contributed by atoms with Crippen LogP contribution in [-0.4, -0.2) is 22.1 Å². The monoisotopic (exact) mass is 359 g/mol. The van der Waals surface area contributed by atoms with E-state index in [2.05, 4.69) is 20.9 Å². The first-order valence-electron chi connectivity index (χ1n) is 6.03. The number of esters is 1. The molecule has 0 spiro atoms. The fraction of sp³-hybridized carbons (Fsp3) is 0.231. The van der Waals surface area contributed by atoms with Gasteiger partial charge in [-0.2, -0.15) is 0 Å². The van der Waals surface area contributed by atoms with E-state index in [9.17, 15) is 13.6 Å². The van der Waals surface area contributed by atoms with Crippen LogP contribution in [0.2, 0.25) is 0 Å². The van der Waals surface area contributed by atoms with Crippen molar-refractivity contribution in [2.24, 2.45) is 0 Å². The number of benzene rings is 1. The Labute approximate surface area is 127 Å². The van der Waals surface area contributed by atoms with E-state index < -0.39 is 23.3 Å². The molecule has 21 heavy (non-hydrogen) atoms. The van der Waals surface area contributed by atoms with Crippen molar-refractivity contribution in [1.29, 1.82) is 0 Å². The molecule has 112 valence electrons. The summed E-state index contributed by atoms with van der Waals surface area (Å²) in [4.78, 5) is 15.6. The van der Waals surface area contributed by atoms with Crippen LogP contribution < -0.4 is 5.73 Å². The summed E-state index contributed by atoms with van der Waals surface area (Å²) in [6.45, 7) is 3.26. The number of imidazole rings is 1. The maximum atomic E-state index is 14.0. The molecule has 0 unspecified atom stereocenters. The van der Waals surface area contributed by atoms with Gasteiger partial charge in [0.25, 0.3) is 0 Å². The van der Waals surface area contributed by atoms with Gasteiger partial charge in [-0.1, -0.05) is 15.9 Å². The second-order valence-corrected chi connectivity index (χ2v) is 5.08. The lowest BCUT2D eigenvalue weighted by molar-refractivity contribution is 0.0521. The minimum Gasteiger partial charge on any atom is -0.461 e. The van der Waals surface area contributed by atoms with Crippen LogP contribution >= 0.6 is 15.9 Å². The van der Waals surface area contributed by atoms with Gasteiger partial charge in [-0.25, -0.2) is 18.6 Å². The molecule has 0 fully saturated rings. The molecule has 2 rings (SSSR count). The zero-order valence-electron chi connectivity index (χ0n) is 11.3. The SMILES string of the molecule is CCOC(=O)c1nc(C)n(-c2c(F)cc(Br)cc2F)c1N. The van der Waals surface area contributed by atoms with Crippen LogP contribution in [0.4, 0.5) is 14.6 Å². The standard InChI is InChI=1S/C13H12BrF2N3O2/c1-3-21-13(20)10-12(17)19(6(2)18-10)11-8(15)4-7(14)5-9(11)16/h4-5H,3,17H2,1-2H3. The Morgan fingerprint density at radius 1 is 1.43 bits per heavy atom. The van der Waals surface area contributed by atoms with E-state index in [4.69, 9.17) is 10.5 Å². The summed E-state index contributed by atoms with van der Waals surface area (Å²) < 4.78 is 34.2. The van der Waals surface area contributed by atoms with E-state index in [1.165, 1.54) is 6.92 Å². The molecular formula is C13H12BrF2N3O2. The fourth-order valence-corrected chi connectivity index (χ4v) is 2.33. The molecule has 1 aromatic heterocycles. The van der Waals surface area contributed by atoms with Gasteiger partial charge >= 0.3 is 5.97 Å². The van der Waals surface area contributed by atoms with Crippen LogP contribution in [0.15, 0.2) is 16.6 Å². The molecule has 0 aliphatic heterocycles. The molecule has 0 bridgehead atoms. The van der Waals surface area contributed by atoms with Crippen molar-refractivity contribution < 1.29 is 18.3 Å². The summed E-state index contributed by atoms with van der Waals surface area (Å²) in [5.74, 6) is -2.40. The van der Waals surface area contributed by atoms with Crippen LogP contribution in [0.3, 0.4) is 0 Å². The van der Waals surface area contributed by atoms with E-state index in [1.807, 2.05) is 0 Å². The lowest BCUT2D eigenvalue weighted by Gasteiger charge is -2.10. The summed E-state index contributed by atoms with van der Waals surface area (Å²) in [6.07, 6.45) is 0. The lowest BCUT2D eigenvalue weighted by Crippen LogP contribution is -2.11. The number of nitrogen functional groups attached to an aromatic ring is 1. The Morgan fingerprint density at radius 2 is 2.00 bits per heavy atom. The molecule has 8 heteroatoms. The molecule has 0 atom stereocenters. The lowest BCUT2D eigenvalue weighted by atomic mass is 10.2. The van der Waals surface area contributed by atoms with Crippen molar-refractivity contribution in [2.45, 2.75) is 13.8 Å². The first kappa shape index (κ1) is 15.4. The molecule has 0 saturated heterocycles. The average Bonchev–Trinajstić information content (AvgIpc) is 2.66.